The average Bonchev–Trinajstić information content (AvgIpc) is 2.66. The van der Waals surface area contributed by atoms with Crippen molar-refractivity contribution in [2.75, 3.05) is 26.2 Å². The molecule has 0 bridgehead atoms. The van der Waals surface area contributed by atoms with Crippen LogP contribution in [0.5, 0.6) is 0 Å². The van der Waals surface area contributed by atoms with Crippen LogP contribution in [0, 0.1) is 11.8 Å². The Kier molecular flexibility index (Phi) is 8.29. The summed E-state index contributed by atoms with van der Waals surface area (Å²) in [5.41, 5.74) is 2.44. The summed E-state index contributed by atoms with van der Waals surface area (Å²) < 4.78 is 0. The van der Waals surface area contributed by atoms with Crippen molar-refractivity contribution in [3.63, 3.8) is 0 Å². The van der Waals surface area contributed by atoms with Gasteiger partial charge in [-0.1, -0.05) is 45.0 Å². The van der Waals surface area contributed by atoms with Gasteiger partial charge in [0.1, 0.15) is 0 Å². The highest BCUT2D eigenvalue weighted by molar-refractivity contribution is 5.78. The van der Waals surface area contributed by atoms with E-state index < -0.39 is 0 Å². The Balaban J connectivity index is 1.77. The Bertz CT molecular complexity index is 612. The smallest absolute Gasteiger partial charge is 0.234 e. The quantitative estimate of drug-likeness (QED) is 0.736. The van der Waals surface area contributed by atoms with Crippen LogP contribution in [0.2, 0.25) is 0 Å². The minimum absolute atomic E-state index is 0.00863. The van der Waals surface area contributed by atoms with Crippen LogP contribution in [0.1, 0.15) is 57.7 Å². The van der Waals surface area contributed by atoms with Crippen LogP contribution in [-0.2, 0) is 16.0 Å². The van der Waals surface area contributed by atoms with E-state index in [9.17, 15) is 9.59 Å². The van der Waals surface area contributed by atoms with E-state index >= 15 is 0 Å². The maximum absolute atomic E-state index is 12.5. The van der Waals surface area contributed by atoms with Crippen molar-refractivity contribution in [2.45, 2.75) is 53.0 Å². The Hall–Kier alpha value is -1.88. The largest absolute Gasteiger partial charge is 0.356 e. The Morgan fingerprint density at radius 2 is 1.89 bits per heavy atom. The van der Waals surface area contributed by atoms with Crippen molar-refractivity contribution in [3.05, 3.63) is 35.4 Å². The lowest BCUT2D eigenvalue weighted by atomic mass is 9.97. The summed E-state index contributed by atoms with van der Waals surface area (Å²) >= 11 is 0. The summed E-state index contributed by atoms with van der Waals surface area (Å²) in [6.45, 7) is 10.9. The van der Waals surface area contributed by atoms with Gasteiger partial charge in [-0.15, -0.1) is 0 Å². The fourth-order valence-corrected chi connectivity index (χ4v) is 3.53. The number of aryl methyl sites for hydroxylation is 1. The number of amides is 2. The average molecular weight is 374 g/mol. The van der Waals surface area contributed by atoms with Gasteiger partial charge in [-0.25, -0.2) is 0 Å². The molecule has 0 radical (unpaired) electrons. The summed E-state index contributed by atoms with van der Waals surface area (Å²) in [4.78, 5) is 26.4. The summed E-state index contributed by atoms with van der Waals surface area (Å²) in [5.74, 6) is 0.610. The van der Waals surface area contributed by atoms with Crippen LogP contribution < -0.4 is 10.6 Å². The maximum atomic E-state index is 12.5. The third kappa shape index (κ3) is 6.98. The lowest BCUT2D eigenvalue weighted by molar-refractivity contribution is -0.125. The molecule has 0 spiro atoms. The number of carbonyl (C=O) groups excluding carboxylic acids is 2. The van der Waals surface area contributed by atoms with Gasteiger partial charge >= 0.3 is 0 Å². The van der Waals surface area contributed by atoms with Gasteiger partial charge in [-0.2, -0.15) is 0 Å². The number of carbonyl (C=O) groups is 2. The molecule has 5 heteroatoms. The van der Waals surface area contributed by atoms with E-state index in [0.29, 0.717) is 19.0 Å². The molecule has 2 unspecified atom stereocenters. The highest BCUT2D eigenvalue weighted by atomic mass is 16.2. The third-order valence-corrected chi connectivity index (χ3v) is 5.33. The normalized spacial score (nSPS) is 18.9. The highest BCUT2D eigenvalue weighted by Gasteiger charge is 2.23. The first-order chi connectivity index (χ1) is 12.9. The highest BCUT2D eigenvalue weighted by Crippen LogP contribution is 2.17. The third-order valence-electron chi connectivity index (χ3n) is 5.33. The molecule has 150 valence electrons. The van der Waals surface area contributed by atoms with E-state index in [4.69, 9.17) is 0 Å². The lowest BCUT2D eigenvalue weighted by Crippen LogP contribution is -2.45. The van der Waals surface area contributed by atoms with Crippen molar-refractivity contribution in [1.29, 1.82) is 0 Å². The van der Waals surface area contributed by atoms with E-state index in [1.54, 1.807) is 0 Å². The number of nitrogens with one attached hydrogen (secondary N) is 2. The topological polar surface area (TPSA) is 61.4 Å². The van der Waals surface area contributed by atoms with Crippen molar-refractivity contribution >= 4 is 11.8 Å². The van der Waals surface area contributed by atoms with E-state index in [1.165, 1.54) is 5.56 Å². The molecule has 2 rings (SSSR count). The molecule has 0 saturated carbocycles. The van der Waals surface area contributed by atoms with Crippen LogP contribution in [0.25, 0.3) is 0 Å². The zero-order chi connectivity index (χ0) is 19.8. The van der Waals surface area contributed by atoms with Gasteiger partial charge in [-0.3, -0.25) is 14.5 Å². The van der Waals surface area contributed by atoms with Crippen molar-refractivity contribution in [2.24, 2.45) is 11.8 Å². The van der Waals surface area contributed by atoms with Crippen LogP contribution >= 0.6 is 0 Å². The molecule has 27 heavy (non-hydrogen) atoms. The first-order valence-corrected chi connectivity index (χ1v) is 10.3. The second-order valence-electron chi connectivity index (χ2n) is 8.03. The lowest BCUT2D eigenvalue weighted by Gasteiger charge is -2.32. The van der Waals surface area contributed by atoms with Crippen LogP contribution in [0.4, 0.5) is 0 Å². The first-order valence-electron chi connectivity index (χ1n) is 10.3. The molecular formula is C22H35N3O2. The number of benzene rings is 1. The van der Waals surface area contributed by atoms with E-state index in [0.717, 1.165) is 37.9 Å². The Morgan fingerprint density at radius 3 is 2.52 bits per heavy atom. The van der Waals surface area contributed by atoms with Crippen LogP contribution in [0.3, 0.4) is 0 Å². The summed E-state index contributed by atoms with van der Waals surface area (Å²) in [6.07, 6.45) is 3.20. The van der Waals surface area contributed by atoms with Gasteiger partial charge < -0.3 is 10.6 Å². The van der Waals surface area contributed by atoms with E-state index in [2.05, 4.69) is 46.7 Å². The predicted molar refractivity (Wildman–Crippen MR) is 109 cm³/mol. The fourth-order valence-electron chi connectivity index (χ4n) is 3.53. The molecule has 2 amide bonds. The number of likely N-dealkylation sites (tertiary alicyclic amines) is 1. The zero-order valence-electron chi connectivity index (χ0n) is 17.3. The summed E-state index contributed by atoms with van der Waals surface area (Å²) in [5, 5.41) is 6.13. The van der Waals surface area contributed by atoms with Gasteiger partial charge in [0.2, 0.25) is 11.8 Å². The van der Waals surface area contributed by atoms with Gasteiger partial charge in [0, 0.05) is 19.0 Å². The number of nitrogens with zero attached hydrogens (tertiary/aromatic N) is 1. The van der Waals surface area contributed by atoms with Crippen LogP contribution in [0.15, 0.2) is 24.3 Å². The van der Waals surface area contributed by atoms with Gasteiger partial charge in [0.25, 0.3) is 0 Å². The fraction of sp³-hybridized carbons (Fsp3) is 0.636. The van der Waals surface area contributed by atoms with Gasteiger partial charge in [0.05, 0.1) is 12.6 Å². The molecule has 1 fully saturated rings. The number of hydrogen-bond donors (Lipinski definition) is 2. The minimum Gasteiger partial charge on any atom is -0.356 e. The molecule has 1 aliphatic rings. The monoisotopic (exact) mass is 373 g/mol. The first kappa shape index (κ1) is 21.4. The standard InChI is InChI=1S/C22H35N3O2/c1-5-18-8-10-20(11-9-18)17(4)24-21(26)15-25-12-6-7-19(14-25)13-23-22(27)16(2)3/h8-11,16-17,19H,5-7,12-15H2,1-4H3,(H,23,27)(H,24,26). The van der Waals surface area contributed by atoms with Crippen molar-refractivity contribution in [3.8, 4) is 0 Å². The molecule has 1 aromatic carbocycles. The summed E-state index contributed by atoms with van der Waals surface area (Å²) in [6, 6.07) is 8.45. The van der Waals surface area contributed by atoms with Crippen LogP contribution in [-0.4, -0.2) is 42.9 Å². The van der Waals surface area contributed by atoms with Gasteiger partial charge in [-0.05, 0) is 49.8 Å². The SMILES string of the molecule is CCc1ccc(C(C)NC(=O)CN2CCCC(CNC(=O)C(C)C)C2)cc1. The van der Waals surface area contributed by atoms with Crippen molar-refractivity contribution < 1.29 is 9.59 Å². The molecule has 1 aromatic rings. The Labute approximate surface area is 163 Å². The molecule has 1 aliphatic heterocycles. The minimum atomic E-state index is 0.00863. The molecule has 1 saturated heterocycles. The molecule has 0 aliphatic carbocycles. The predicted octanol–water partition coefficient (Wildman–Crippen LogP) is 2.91. The molecule has 1 heterocycles. The zero-order valence-corrected chi connectivity index (χ0v) is 17.3. The van der Waals surface area contributed by atoms with E-state index in [1.807, 2.05) is 20.8 Å². The van der Waals surface area contributed by atoms with Gasteiger partial charge in [0.15, 0.2) is 0 Å². The molecule has 2 atom stereocenters. The second-order valence-corrected chi connectivity index (χ2v) is 8.03. The van der Waals surface area contributed by atoms with Crippen molar-refractivity contribution in [1.82, 2.24) is 15.5 Å². The molecular weight excluding hydrogens is 338 g/mol. The summed E-state index contributed by atoms with van der Waals surface area (Å²) in [7, 11) is 0. The number of rotatable bonds is 8. The number of hydrogen-bond acceptors (Lipinski definition) is 3. The van der Waals surface area contributed by atoms with E-state index in [-0.39, 0.29) is 23.8 Å². The number of piperidine rings is 1. The molecule has 0 aromatic heterocycles. The second kappa shape index (κ2) is 10.5. The molecule has 5 nitrogen and oxygen atoms in total. The Morgan fingerprint density at radius 1 is 1.19 bits per heavy atom. The molecule has 2 N–H and O–H groups in total. The maximum Gasteiger partial charge on any atom is 0.234 e.